The summed E-state index contributed by atoms with van der Waals surface area (Å²) < 4.78 is 5.24. The lowest BCUT2D eigenvalue weighted by atomic mass is 9.95. The van der Waals surface area contributed by atoms with E-state index in [1.165, 1.54) is 23.1 Å². The molecule has 12 heteroatoms. The predicted molar refractivity (Wildman–Crippen MR) is 135 cm³/mol. The van der Waals surface area contributed by atoms with Gasteiger partial charge in [-0.2, -0.15) is 10.1 Å². The molecule has 0 radical (unpaired) electrons. The van der Waals surface area contributed by atoms with Gasteiger partial charge in [-0.3, -0.25) is 4.79 Å². The zero-order valence-electron chi connectivity index (χ0n) is 18.4. The number of fused-ring (bicyclic) bond motifs is 1. The van der Waals surface area contributed by atoms with Crippen LogP contribution in [0.3, 0.4) is 0 Å². The summed E-state index contributed by atoms with van der Waals surface area (Å²) in [6, 6.07) is 7.23. The standard InChI is InChI=1S/C22H23ClN6O3S2/c1-2-32-20(31)18-15-5-3-4-6-16(15)34-19(18)25-17(30)12-33-22-26-21(28-29-22)27-24-11-13-7-9-14(23)10-8-13/h7-11H,2-6,12H2,1H3,(H,25,30)(H2,26,27,28,29)/b24-11-. The van der Waals surface area contributed by atoms with Crippen LogP contribution >= 0.6 is 34.7 Å². The molecular weight excluding hydrogens is 496 g/mol. The largest absolute Gasteiger partial charge is 0.462 e. The topological polar surface area (TPSA) is 121 Å². The number of esters is 1. The van der Waals surface area contributed by atoms with Gasteiger partial charge < -0.3 is 10.1 Å². The summed E-state index contributed by atoms with van der Waals surface area (Å²) in [7, 11) is 0. The van der Waals surface area contributed by atoms with Crippen molar-refractivity contribution < 1.29 is 14.3 Å². The van der Waals surface area contributed by atoms with Gasteiger partial charge in [0.25, 0.3) is 0 Å². The molecule has 1 aromatic carbocycles. The van der Waals surface area contributed by atoms with E-state index in [0.29, 0.717) is 26.7 Å². The average Bonchev–Trinajstić information content (AvgIpc) is 3.43. The minimum Gasteiger partial charge on any atom is -0.462 e. The number of benzene rings is 1. The highest BCUT2D eigenvalue weighted by atomic mass is 35.5. The number of halogens is 1. The van der Waals surface area contributed by atoms with Crippen molar-refractivity contribution in [2.24, 2.45) is 5.10 Å². The van der Waals surface area contributed by atoms with E-state index in [2.05, 4.69) is 31.0 Å². The van der Waals surface area contributed by atoms with E-state index in [4.69, 9.17) is 16.3 Å². The monoisotopic (exact) mass is 518 g/mol. The van der Waals surface area contributed by atoms with Crippen molar-refractivity contribution in [2.45, 2.75) is 37.8 Å². The van der Waals surface area contributed by atoms with E-state index in [-0.39, 0.29) is 24.2 Å². The Labute approximate surface area is 209 Å². The molecule has 9 nitrogen and oxygen atoms in total. The molecule has 0 saturated heterocycles. The normalized spacial score (nSPS) is 13.0. The minimum atomic E-state index is -0.381. The summed E-state index contributed by atoms with van der Waals surface area (Å²) in [5.74, 6) is -0.178. The Balaban J connectivity index is 1.32. The zero-order valence-corrected chi connectivity index (χ0v) is 20.8. The molecule has 0 fully saturated rings. The van der Waals surface area contributed by atoms with Crippen molar-refractivity contribution in [3.05, 3.63) is 50.9 Å². The van der Waals surface area contributed by atoms with E-state index >= 15 is 0 Å². The number of carbonyl (C=O) groups excluding carboxylic acids is 2. The van der Waals surface area contributed by atoms with Crippen molar-refractivity contribution in [2.75, 3.05) is 23.1 Å². The predicted octanol–water partition coefficient (Wildman–Crippen LogP) is 4.75. The number of nitrogens with zero attached hydrogens (tertiary/aromatic N) is 3. The van der Waals surface area contributed by atoms with E-state index in [1.54, 1.807) is 25.3 Å². The second kappa shape index (κ2) is 11.5. The molecular formula is C22H23ClN6O3S2. The molecule has 1 aliphatic carbocycles. The Hall–Kier alpha value is -2.89. The van der Waals surface area contributed by atoms with Crippen LogP contribution < -0.4 is 10.7 Å². The molecule has 0 atom stereocenters. The summed E-state index contributed by atoms with van der Waals surface area (Å²) in [4.78, 5) is 30.5. The number of thiophene rings is 1. The molecule has 0 spiro atoms. The van der Waals surface area contributed by atoms with Crippen molar-refractivity contribution in [3.8, 4) is 0 Å². The summed E-state index contributed by atoms with van der Waals surface area (Å²) >= 11 is 8.51. The van der Waals surface area contributed by atoms with Crippen LogP contribution in [-0.2, 0) is 22.4 Å². The van der Waals surface area contributed by atoms with Crippen molar-refractivity contribution in [1.29, 1.82) is 0 Å². The number of nitrogens with one attached hydrogen (secondary N) is 3. The molecule has 0 unspecified atom stereocenters. The maximum absolute atomic E-state index is 12.6. The first kappa shape index (κ1) is 24.2. The number of ether oxygens (including phenoxy) is 1. The number of thioether (sulfide) groups is 1. The molecule has 3 aromatic rings. The van der Waals surface area contributed by atoms with Gasteiger partial charge in [0, 0.05) is 9.90 Å². The highest BCUT2D eigenvalue weighted by Gasteiger charge is 2.27. The number of H-pyrrole nitrogens is 1. The summed E-state index contributed by atoms with van der Waals surface area (Å²) in [6.07, 6.45) is 5.50. The Kier molecular flexibility index (Phi) is 8.20. The van der Waals surface area contributed by atoms with Gasteiger partial charge in [-0.15, -0.1) is 16.4 Å². The SMILES string of the molecule is CCOC(=O)c1c(NC(=O)CSc2n[nH]c(N/N=C\c3ccc(Cl)cc3)n2)sc2c1CCCC2. The smallest absolute Gasteiger partial charge is 0.341 e. The second-order valence-corrected chi connectivity index (χ2v) is 9.84. The fourth-order valence-electron chi connectivity index (χ4n) is 3.44. The van der Waals surface area contributed by atoms with Crippen LogP contribution in [0.1, 0.15) is 46.1 Å². The number of aryl methyl sites for hydroxylation is 1. The van der Waals surface area contributed by atoms with Crippen LogP contribution in [0, 0.1) is 0 Å². The first-order valence-electron chi connectivity index (χ1n) is 10.7. The van der Waals surface area contributed by atoms with Gasteiger partial charge in [-0.1, -0.05) is 35.5 Å². The third kappa shape index (κ3) is 6.16. The van der Waals surface area contributed by atoms with Crippen LogP contribution in [0.25, 0.3) is 0 Å². The maximum atomic E-state index is 12.6. The van der Waals surface area contributed by atoms with Gasteiger partial charge in [0.2, 0.25) is 17.0 Å². The van der Waals surface area contributed by atoms with Gasteiger partial charge >= 0.3 is 5.97 Å². The quantitative estimate of drug-likeness (QED) is 0.162. The van der Waals surface area contributed by atoms with E-state index in [0.717, 1.165) is 41.7 Å². The van der Waals surface area contributed by atoms with Crippen LogP contribution in [0.2, 0.25) is 5.02 Å². The van der Waals surface area contributed by atoms with E-state index in [9.17, 15) is 9.59 Å². The average molecular weight is 519 g/mol. The number of carbonyl (C=O) groups is 2. The first-order chi connectivity index (χ1) is 16.5. The van der Waals surface area contributed by atoms with E-state index < -0.39 is 0 Å². The Morgan fingerprint density at radius 1 is 1.29 bits per heavy atom. The number of anilines is 2. The summed E-state index contributed by atoms with van der Waals surface area (Å²) in [5, 5.41) is 15.4. The number of hydrogen-bond acceptors (Lipinski definition) is 9. The molecule has 2 heterocycles. The highest BCUT2D eigenvalue weighted by molar-refractivity contribution is 7.99. The molecule has 4 rings (SSSR count). The van der Waals surface area contributed by atoms with Gasteiger partial charge in [0.15, 0.2) is 0 Å². The Bertz CT molecular complexity index is 1190. The van der Waals surface area contributed by atoms with Crippen LogP contribution in [-0.4, -0.2) is 45.6 Å². The van der Waals surface area contributed by atoms with Gasteiger partial charge in [0.1, 0.15) is 5.00 Å². The fraction of sp³-hybridized carbons (Fsp3) is 0.318. The molecule has 178 valence electrons. The zero-order chi connectivity index (χ0) is 23.9. The van der Waals surface area contributed by atoms with Crippen LogP contribution in [0.5, 0.6) is 0 Å². The molecule has 34 heavy (non-hydrogen) atoms. The van der Waals surface area contributed by atoms with Crippen molar-refractivity contribution in [3.63, 3.8) is 0 Å². The molecule has 1 amide bonds. The summed E-state index contributed by atoms with van der Waals surface area (Å²) in [5.41, 5.74) is 5.15. The van der Waals surface area contributed by atoms with Gasteiger partial charge in [-0.25, -0.2) is 15.3 Å². The molecule has 3 N–H and O–H groups in total. The Morgan fingerprint density at radius 3 is 2.88 bits per heavy atom. The number of hydrazone groups is 1. The van der Waals surface area contributed by atoms with Crippen molar-refractivity contribution in [1.82, 2.24) is 15.2 Å². The molecule has 0 saturated carbocycles. The lowest BCUT2D eigenvalue weighted by molar-refractivity contribution is -0.113. The molecule has 0 bridgehead atoms. The number of aromatic nitrogens is 3. The van der Waals surface area contributed by atoms with Crippen molar-refractivity contribution >= 4 is 63.7 Å². The third-order valence-corrected chi connectivity index (χ3v) is 7.26. The molecule has 0 aliphatic heterocycles. The lowest BCUT2D eigenvalue weighted by Gasteiger charge is -2.12. The molecule has 2 aromatic heterocycles. The second-order valence-electron chi connectivity index (χ2n) is 7.36. The third-order valence-electron chi connectivity index (χ3n) is 4.96. The summed E-state index contributed by atoms with van der Waals surface area (Å²) in [6.45, 7) is 2.06. The Morgan fingerprint density at radius 2 is 2.09 bits per heavy atom. The number of amides is 1. The fourth-order valence-corrected chi connectivity index (χ4v) is 5.46. The van der Waals surface area contributed by atoms with Crippen LogP contribution in [0.15, 0.2) is 34.5 Å². The number of aromatic amines is 1. The molecule has 1 aliphatic rings. The maximum Gasteiger partial charge on any atom is 0.341 e. The highest BCUT2D eigenvalue weighted by Crippen LogP contribution is 2.38. The lowest BCUT2D eigenvalue weighted by Crippen LogP contribution is -2.17. The number of rotatable bonds is 9. The number of hydrogen-bond donors (Lipinski definition) is 3. The first-order valence-corrected chi connectivity index (χ1v) is 12.9. The van der Waals surface area contributed by atoms with Gasteiger partial charge in [-0.05, 0) is 55.9 Å². The van der Waals surface area contributed by atoms with Crippen LogP contribution in [0.4, 0.5) is 10.9 Å². The minimum absolute atomic E-state index is 0.0934. The van der Waals surface area contributed by atoms with Gasteiger partial charge in [0.05, 0.1) is 24.1 Å². The van der Waals surface area contributed by atoms with E-state index in [1.807, 2.05) is 12.1 Å².